The van der Waals surface area contributed by atoms with Crippen LogP contribution in [0.25, 0.3) is 0 Å². The van der Waals surface area contributed by atoms with Gasteiger partial charge < -0.3 is 4.52 Å². The molecule has 0 heterocycles. The largest absolute Gasteiger partial charge is 0.328 e. The molecule has 84 valence electrons. The fraction of sp³-hybridized carbons (Fsp3) is 0.455. The fourth-order valence-electron chi connectivity index (χ4n) is 1.41. The van der Waals surface area contributed by atoms with Gasteiger partial charge in [-0.1, -0.05) is 30.3 Å². The monoisotopic (exact) mass is 246 g/mol. The highest BCUT2D eigenvalue weighted by Gasteiger charge is 2.22. The van der Waals surface area contributed by atoms with Crippen LogP contribution in [-0.2, 0) is 15.3 Å². The Balaban J connectivity index is 2.71. The minimum atomic E-state index is -2.57. The van der Waals surface area contributed by atoms with E-state index in [-0.39, 0.29) is 0 Å². The quantitative estimate of drug-likeness (QED) is 0.565. The van der Waals surface area contributed by atoms with Gasteiger partial charge in [0.15, 0.2) is 0 Å². The first-order valence-electron chi connectivity index (χ1n) is 5.02. The maximum Gasteiger partial charge on any atom is 0.208 e. The molecule has 2 nitrogen and oxygen atoms in total. The van der Waals surface area contributed by atoms with E-state index in [1.54, 1.807) is 0 Å². The average Bonchev–Trinajstić information content (AvgIpc) is 2.19. The molecule has 1 aromatic carbocycles. The number of hydrogen-bond acceptors (Lipinski definition) is 2. The summed E-state index contributed by atoms with van der Waals surface area (Å²) in [5.41, 5.74) is 1.04. The topological polar surface area (TPSA) is 26.3 Å². The van der Waals surface area contributed by atoms with Gasteiger partial charge in [-0.15, -0.1) is 11.6 Å². The van der Waals surface area contributed by atoms with Gasteiger partial charge in [-0.25, -0.2) is 0 Å². The molecule has 0 amide bonds. The Hall–Kier alpha value is -0.300. The lowest BCUT2D eigenvalue weighted by molar-refractivity contribution is 0.333. The van der Waals surface area contributed by atoms with Gasteiger partial charge in [-0.3, -0.25) is 4.57 Å². The van der Waals surface area contributed by atoms with E-state index in [4.69, 9.17) is 16.1 Å². The van der Waals surface area contributed by atoms with Crippen LogP contribution >= 0.6 is 19.0 Å². The van der Waals surface area contributed by atoms with Crippen molar-refractivity contribution < 1.29 is 9.09 Å². The molecule has 0 radical (unpaired) electrons. The first-order valence-corrected chi connectivity index (χ1v) is 7.55. The van der Waals surface area contributed by atoms with E-state index >= 15 is 0 Å². The molecule has 0 fully saturated rings. The van der Waals surface area contributed by atoms with Crippen molar-refractivity contribution >= 4 is 19.0 Å². The molecule has 1 aromatic rings. The van der Waals surface area contributed by atoms with Crippen molar-refractivity contribution in [2.75, 3.05) is 18.6 Å². The molecule has 15 heavy (non-hydrogen) atoms. The normalized spacial score (nSPS) is 14.8. The number of rotatable bonds is 6. The minimum absolute atomic E-state index is 0.379. The van der Waals surface area contributed by atoms with Crippen molar-refractivity contribution in [1.29, 1.82) is 0 Å². The van der Waals surface area contributed by atoms with Gasteiger partial charge in [-0.2, -0.15) is 0 Å². The van der Waals surface area contributed by atoms with Gasteiger partial charge in [0.2, 0.25) is 7.37 Å². The van der Waals surface area contributed by atoms with E-state index in [0.29, 0.717) is 24.8 Å². The standard InChI is InChI=1S/C11H16ClO2P/c1-2-14-15(13,9-8-12)10-11-6-4-3-5-7-11/h3-7H,2,8-10H2,1H3. The summed E-state index contributed by atoms with van der Waals surface area (Å²) in [5, 5.41) is 0. The van der Waals surface area contributed by atoms with Gasteiger partial charge in [0, 0.05) is 18.2 Å². The molecule has 0 aliphatic heterocycles. The van der Waals surface area contributed by atoms with Crippen LogP contribution in [0.1, 0.15) is 12.5 Å². The highest BCUT2D eigenvalue weighted by atomic mass is 35.5. The Morgan fingerprint density at radius 3 is 2.53 bits per heavy atom. The molecule has 0 saturated heterocycles. The van der Waals surface area contributed by atoms with Crippen LogP contribution in [0, 0.1) is 0 Å². The molecule has 0 aromatic heterocycles. The van der Waals surface area contributed by atoms with Crippen molar-refractivity contribution in [3.05, 3.63) is 35.9 Å². The van der Waals surface area contributed by atoms with Gasteiger partial charge >= 0.3 is 0 Å². The zero-order valence-corrected chi connectivity index (χ0v) is 10.5. The van der Waals surface area contributed by atoms with Gasteiger partial charge in [-0.05, 0) is 12.5 Å². The summed E-state index contributed by atoms with van der Waals surface area (Å²) in [7, 11) is -2.57. The van der Waals surface area contributed by atoms with Crippen LogP contribution in [0.3, 0.4) is 0 Å². The highest BCUT2D eigenvalue weighted by Crippen LogP contribution is 2.49. The molecule has 0 bridgehead atoms. The lowest BCUT2D eigenvalue weighted by Gasteiger charge is -2.16. The minimum Gasteiger partial charge on any atom is -0.328 e. The summed E-state index contributed by atoms with van der Waals surface area (Å²) in [4.78, 5) is 0. The number of benzene rings is 1. The number of hydrogen-bond donors (Lipinski definition) is 0. The van der Waals surface area contributed by atoms with Gasteiger partial charge in [0.1, 0.15) is 0 Å². The van der Waals surface area contributed by atoms with Crippen LogP contribution in [0.15, 0.2) is 30.3 Å². The Labute approximate surface area is 96.0 Å². The van der Waals surface area contributed by atoms with Crippen LogP contribution in [-0.4, -0.2) is 18.6 Å². The molecular formula is C11H16ClO2P. The SMILES string of the molecule is CCOP(=O)(CCCl)Cc1ccccc1. The molecule has 0 aliphatic carbocycles. The fourth-order valence-corrected chi connectivity index (χ4v) is 4.06. The second-order valence-corrected chi connectivity index (χ2v) is 6.32. The molecule has 1 unspecified atom stereocenters. The zero-order chi connectivity index (χ0) is 11.1. The summed E-state index contributed by atoms with van der Waals surface area (Å²) >= 11 is 5.64. The smallest absolute Gasteiger partial charge is 0.208 e. The van der Waals surface area contributed by atoms with E-state index in [0.717, 1.165) is 5.56 Å². The molecular weight excluding hydrogens is 231 g/mol. The second-order valence-electron chi connectivity index (χ2n) is 3.29. The maximum absolute atomic E-state index is 12.3. The van der Waals surface area contributed by atoms with E-state index in [1.807, 2.05) is 37.3 Å². The van der Waals surface area contributed by atoms with Crippen LogP contribution in [0.2, 0.25) is 0 Å². The van der Waals surface area contributed by atoms with Crippen molar-refractivity contribution in [3.63, 3.8) is 0 Å². The van der Waals surface area contributed by atoms with E-state index in [1.165, 1.54) is 0 Å². The predicted molar refractivity (Wildman–Crippen MR) is 65.0 cm³/mol. The Morgan fingerprint density at radius 2 is 2.00 bits per heavy atom. The van der Waals surface area contributed by atoms with E-state index < -0.39 is 7.37 Å². The summed E-state index contributed by atoms with van der Waals surface area (Å²) in [6.07, 6.45) is 0.922. The predicted octanol–water partition coefficient (Wildman–Crippen LogP) is 3.74. The molecule has 0 N–H and O–H groups in total. The highest BCUT2D eigenvalue weighted by molar-refractivity contribution is 7.58. The molecule has 0 aliphatic rings. The van der Waals surface area contributed by atoms with Crippen LogP contribution in [0.4, 0.5) is 0 Å². The Bertz CT molecular complexity index is 317. The Kier molecular flexibility index (Phi) is 5.38. The lowest BCUT2D eigenvalue weighted by atomic mass is 10.2. The van der Waals surface area contributed by atoms with Crippen molar-refractivity contribution in [2.45, 2.75) is 13.1 Å². The van der Waals surface area contributed by atoms with Gasteiger partial charge in [0.05, 0.1) is 6.61 Å². The lowest BCUT2D eigenvalue weighted by Crippen LogP contribution is -2.00. The van der Waals surface area contributed by atoms with Crippen molar-refractivity contribution in [1.82, 2.24) is 0 Å². The van der Waals surface area contributed by atoms with Gasteiger partial charge in [0.25, 0.3) is 0 Å². The van der Waals surface area contributed by atoms with Crippen molar-refractivity contribution in [2.24, 2.45) is 0 Å². The van der Waals surface area contributed by atoms with E-state index in [9.17, 15) is 4.57 Å². The van der Waals surface area contributed by atoms with Crippen molar-refractivity contribution in [3.8, 4) is 0 Å². The molecule has 0 spiro atoms. The third-order valence-electron chi connectivity index (χ3n) is 2.06. The average molecular weight is 247 g/mol. The first-order chi connectivity index (χ1) is 7.20. The van der Waals surface area contributed by atoms with Crippen LogP contribution in [0.5, 0.6) is 0 Å². The zero-order valence-electron chi connectivity index (χ0n) is 8.86. The number of alkyl halides is 1. The molecule has 0 saturated carbocycles. The third kappa shape index (κ3) is 4.38. The van der Waals surface area contributed by atoms with Crippen LogP contribution < -0.4 is 0 Å². The Morgan fingerprint density at radius 1 is 1.33 bits per heavy atom. The molecule has 4 heteroatoms. The summed E-state index contributed by atoms with van der Waals surface area (Å²) in [5.74, 6) is 0.379. The van der Waals surface area contributed by atoms with E-state index in [2.05, 4.69) is 0 Å². The second kappa shape index (κ2) is 6.32. The molecule has 1 atom stereocenters. The third-order valence-corrected chi connectivity index (χ3v) is 4.99. The summed E-state index contributed by atoms with van der Waals surface area (Å²) < 4.78 is 17.6. The first kappa shape index (κ1) is 12.8. The summed E-state index contributed by atoms with van der Waals surface area (Å²) in [6.45, 7) is 2.33. The molecule has 1 rings (SSSR count). The number of halogens is 1. The maximum atomic E-state index is 12.3. The summed E-state index contributed by atoms with van der Waals surface area (Å²) in [6, 6.07) is 9.73.